The fourth-order valence-corrected chi connectivity index (χ4v) is 1.83. The summed E-state index contributed by atoms with van der Waals surface area (Å²) in [5, 5.41) is 0. The molecule has 2 rings (SSSR count). The summed E-state index contributed by atoms with van der Waals surface area (Å²) in [7, 11) is 1.70. The van der Waals surface area contributed by atoms with E-state index in [2.05, 4.69) is 0 Å². The number of primary amides is 1. The SMILES string of the molecule is CN(c1ccc(N)c(C(N)=O)c1)c1ccccc1F. The van der Waals surface area contributed by atoms with Crippen LogP contribution in [0, 0.1) is 5.82 Å². The van der Waals surface area contributed by atoms with Gasteiger partial charge in [-0.25, -0.2) is 4.39 Å². The number of para-hydroxylation sites is 1. The van der Waals surface area contributed by atoms with Gasteiger partial charge in [0.25, 0.3) is 5.91 Å². The van der Waals surface area contributed by atoms with Crippen molar-refractivity contribution < 1.29 is 9.18 Å². The van der Waals surface area contributed by atoms with Crippen LogP contribution in [-0.4, -0.2) is 13.0 Å². The molecule has 0 aliphatic carbocycles. The number of halogens is 1. The zero-order valence-electron chi connectivity index (χ0n) is 10.4. The molecule has 0 fully saturated rings. The van der Waals surface area contributed by atoms with Crippen LogP contribution < -0.4 is 16.4 Å². The van der Waals surface area contributed by atoms with Gasteiger partial charge in [0, 0.05) is 18.4 Å². The van der Waals surface area contributed by atoms with Gasteiger partial charge in [0.15, 0.2) is 0 Å². The van der Waals surface area contributed by atoms with Crippen molar-refractivity contribution in [3.05, 3.63) is 53.8 Å². The van der Waals surface area contributed by atoms with E-state index in [0.717, 1.165) is 0 Å². The van der Waals surface area contributed by atoms with Gasteiger partial charge >= 0.3 is 0 Å². The first kappa shape index (κ1) is 12.9. The van der Waals surface area contributed by atoms with Crippen LogP contribution in [-0.2, 0) is 0 Å². The average Bonchev–Trinajstić information content (AvgIpc) is 2.38. The molecule has 5 heteroatoms. The molecular weight excluding hydrogens is 245 g/mol. The molecule has 0 saturated carbocycles. The lowest BCUT2D eigenvalue weighted by molar-refractivity contribution is 0.100. The van der Waals surface area contributed by atoms with E-state index < -0.39 is 5.91 Å². The molecule has 0 unspecified atom stereocenters. The minimum atomic E-state index is -0.610. The summed E-state index contributed by atoms with van der Waals surface area (Å²) < 4.78 is 13.7. The molecule has 2 aromatic rings. The van der Waals surface area contributed by atoms with Crippen LogP contribution in [0.1, 0.15) is 10.4 Å². The van der Waals surface area contributed by atoms with Crippen molar-refractivity contribution >= 4 is 23.0 Å². The number of hydrogen-bond acceptors (Lipinski definition) is 3. The van der Waals surface area contributed by atoms with E-state index in [-0.39, 0.29) is 11.4 Å². The molecule has 0 aliphatic rings. The number of nitrogens with two attached hydrogens (primary N) is 2. The Labute approximate surface area is 110 Å². The summed E-state index contributed by atoms with van der Waals surface area (Å²) in [5.74, 6) is -0.955. The van der Waals surface area contributed by atoms with Crippen molar-refractivity contribution in [2.75, 3.05) is 17.7 Å². The summed E-state index contributed by atoms with van der Waals surface area (Å²) in [4.78, 5) is 12.9. The number of hydrogen-bond donors (Lipinski definition) is 2. The Morgan fingerprint density at radius 1 is 1.21 bits per heavy atom. The van der Waals surface area contributed by atoms with Gasteiger partial charge < -0.3 is 16.4 Å². The first-order chi connectivity index (χ1) is 9.00. The minimum absolute atomic E-state index is 0.223. The zero-order valence-corrected chi connectivity index (χ0v) is 10.4. The van der Waals surface area contributed by atoms with Crippen LogP contribution in [0.2, 0.25) is 0 Å². The van der Waals surface area contributed by atoms with Gasteiger partial charge in [-0.1, -0.05) is 12.1 Å². The minimum Gasteiger partial charge on any atom is -0.398 e. The van der Waals surface area contributed by atoms with Crippen molar-refractivity contribution in [2.24, 2.45) is 5.73 Å². The molecule has 0 aliphatic heterocycles. The van der Waals surface area contributed by atoms with Gasteiger partial charge in [-0.3, -0.25) is 4.79 Å². The number of amides is 1. The maximum atomic E-state index is 13.7. The van der Waals surface area contributed by atoms with Crippen LogP contribution in [0.5, 0.6) is 0 Å². The third-order valence-electron chi connectivity index (χ3n) is 2.90. The average molecular weight is 259 g/mol. The molecular formula is C14H14FN3O. The van der Waals surface area contributed by atoms with Gasteiger partial charge in [-0.2, -0.15) is 0 Å². The summed E-state index contributed by atoms with van der Waals surface area (Å²) in [6.07, 6.45) is 0. The molecule has 0 heterocycles. The van der Waals surface area contributed by atoms with Crippen molar-refractivity contribution in [1.82, 2.24) is 0 Å². The largest absolute Gasteiger partial charge is 0.398 e. The molecule has 4 nitrogen and oxygen atoms in total. The Morgan fingerprint density at radius 3 is 2.53 bits per heavy atom. The molecule has 0 saturated heterocycles. The number of benzene rings is 2. The second-order valence-corrected chi connectivity index (χ2v) is 4.15. The van der Waals surface area contributed by atoms with Crippen molar-refractivity contribution in [3.63, 3.8) is 0 Å². The molecule has 1 amide bonds. The number of anilines is 3. The predicted octanol–water partition coefficient (Wildman–Crippen LogP) is 2.27. The van der Waals surface area contributed by atoms with Gasteiger partial charge in [0.2, 0.25) is 0 Å². The number of carbonyl (C=O) groups is 1. The second-order valence-electron chi connectivity index (χ2n) is 4.15. The lowest BCUT2D eigenvalue weighted by Crippen LogP contribution is -2.16. The molecule has 0 spiro atoms. The molecule has 2 aromatic carbocycles. The smallest absolute Gasteiger partial charge is 0.250 e. The normalized spacial score (nSPS) is 10.2. The van der Waals surface area contributed by atoms with Gasteiger partial charge in [0.1, 0.15) is 5.82 Å². The molecule has 0 atom stereocenters. The number of rotatable bonds is 3. The molecule has 98 valence electrons. The second kappa shape index (κ2) is 4.97. The molecule has 0 bridgehead atoms. The van der Waals surface area contributed by atoms with E-state index in [0.29, 0.717) is 17.1 Å². The van der Waals surface area contributed by atoms with E-state index in [1.165, 1.54) is 6.07 Å². The van der Waals surface area contributed by atoms with Crippen LogP contribution in [0.15, 0.2) is 42.5 Å². The van der Waals surface area contributed by atoms with Crippen LogP contribution >= 0.6 is 0 Å². The van der Waals surface area contributed by atoms with Crippen LogP contribution in [0.25, 0.3) is 0 Å². The van der Waals surface area contributed by atoms with E-state index >= 15 is 0 Å². The maximum Gasteiger partial charge on any atom is 0.250 e. The Morgan fingerprint density at radius 2 is 1.89 bits per heavy atom. The molecule has 4 N–H and O–H groups in total. The van der Waals surface area contributed by atoms with Crippen molar-refractivity contribution in [2.45, 2.75) is 0 Å². The number of nitrogens with zero attached hydrogens (tertiary/aromatic N) is 1. The third kappa shape index (κ3) is 2.49. The van der Waals surface area contributed by atoms with E-state index in [9.17, 15) is 9.18 Å². The summed E-state index contributed by atoms with van der Waals surface area (Å²) in [6.45, 7) is 0. The van der Waals surface area contributed by atoms with Crippen LogP contribution in [0.4, 0.5) is 21.5 Å². The Kier molecular flexibility index (Phi) is 3.37. The quantitative estimate of drug-likeness (QED) is 0.830. The molecule has 19 heavy (non-hydrogen) atoms. The van der Waals surface area contributed by atoms with Gasteiger partial charge in [-0.05, 0) is 30.3 Å². The van der Waals surface area contributed by atoms with E-state index in [4.69, 9.17) is 11.5 Å². The lowest BCUT2D eigenvalue weighted by atomic mass is 10.1. The summed E-state index contributed by atoms with van der Waals surface area (Å²) >= 11 is 0. The topological polar surface area (TPSA) is 72.3 Å². The molecule has 0 radical (unpaired) electrons. The molecule has 0 aromatic heterocycles. The lowest BCUT2D eigenvalue weighted by Gasteiger charge is -2.21. The predicted molar refractivity (Wildman–Crippen MR) is 73.8 cm³/mol. The van der Waals surface area contributed by atoms with Crippen molar-refractivity contribution in [3.8, 4) is 0 Å². The standard InChI is InChI=1S/C14H14FN3O/c1-18(13-5-3-2-4-11(13)15)9-6-7-12(16)10(8-9)14(17)19/h2-8H,16H2,1H3,(H2,17,19). The highest BCUT2D eigenvalue weighted by Crippen LogP contribution is 2.28. The highest BCUT2D eigenvalue weighted by molar-refractivity contribution is 5.99. The highest BCUT2D eigenvalue weighted by atomic mass is 19.1. The highest BCUT2D eigenvalue weighted by Gasteiger charge is 2.12. The maximum absolute atomic E-state index is 13.7. The van der Waals surface area contributed by atoms with Gasteiger partial charge in [-0.15, -0.1) is 0 Å². The van der Waals surface area contributed by atoms with Gasteiger partial charge in [0.05, 0.1) is 11.3 Å². The fraction of sp³-hybridized carbons (Fsp3) is 0.0714. The fourth-order valence-electron chi connectivity index (χ4n) is 1.83. The third-order valence-corrected chi connectivity index (χ3v) is 2.90. The van der Waals surface area contributed by atoms with Crippen LogP contribution in [0.3, 0.4) is 0 Å². The monoisotopic (exact) mass is 259 g/mol. The summed E-state index contributed by atoms with van der Waals surface area (Å²) in [5.41, 5.74) is 12.5. The number of carbonyl (C=O) groups excluding carboxylic acids is 1. The first-order valence-corrected chi connectivity index (χ1v) is 5.68. The first-order valence-electron chi connectivity index (χ1n) is 5.68. The zero-order chi connectivity index (χ0) is 14.0. The Hall–Kier alpha value is -2.56. The van der Waals surface area contributed by atoms with Crippen molar-refractivity contribution in [1.29, 1.82) is 0 Å². The van der Waals surface area contributed by atoms with E-state index in [1.54, 1.807) is 48.3 Å². The van der Waals surface area contributed by atoms with E-state index in [1.807, 2.05) is 0 Å². The Balaban J connectivity index is 2.45. The Bertz CT molecular complexity index is 628. The number of nitrogen functional groups attached to an aromatic ring is 1. The summed E-state index contributed by atoms with van der Waals surface area (Å²) in [6, 6.07) is 11.2.